The van der Waals surface area contributed by atoms with E-state index in [1.54, 1.807) is 35.9 Å². The number of rotatable bonds is 5. The van der Waals surface area contributed by atoms with Crippen LogP contribution in [0, 0.1) is 0 Å². The smallest absolute Gasteiger partial charge is 0.276 e. The van der Waals surface area contributed by atoms with Gasteiger partial charge in [0, 0.05) is 0 Å². The minimum atomic E-state index is -0.124. The van der Waals surface area contributed by atoms with Crippen molar-refractivity contribution in [3.05, 3.63) is 46.1 Å². The maximum atomic E-state index is 12.8. The van der Waals surface area contributed by atoms with Crippen molar-refractivity contribution >= 4 is 39.1 Å². The van der Waals surface area contributed by atoms with Crippen LogP contribution in [0.1, 0.15) is 6.92 Å². The number of fused-ring (bicyclic) bond motifs is 1. The number of aromatic nitrogens is 2. The minimum absolute atomic E-state index is 0.0379. The molecule has 0 fully saturated rings. The van der Waals surface area contributed by atoms with E-state index in [9.17, 15) is 9.59 Å². The van der Waals surface area contributed by atoms with Crippen molar-refractivity contribution in [3.63, 3.8) is 0 Å². The summed E-state index contributed by atoms with van der Waals surface area (Å²) >= 11 is 2.63. The van der Waals surface area contributed by atoms with Crippen LogP contribution in [0.2, 0.25) is 0 Å². The van der Waals surface area contributed by atoms with Crippen molar-refractivity contribution in [2.75, 3.05) is 12.9 Å². The maximum absolute atomic E-state index is 12.8. The fraction of sp³-hybridized carbons (Fsp3) is 0.188. The zero-order chi connectivity index (χ0) is 16.4. The number of ether oxygens (including phenoxy) is 1. The third kappa shape index (κ3) is 3.16. The van der Waals surface area contributed by atoms with Gasteiger partial charge in [-0.15, -0.1) is 11.3 Å². The number of thiophene rings is 1. The van der Waals surface area contributed by atoms with Crippen LogP contribution in [0.3, 0.4) is 0 Å². The predicted molar refractivity (Wildman–Crippen MR) is 93.2 cm³/mol. The molecule has 0 aliphatic carbocycles. The van der Waals surface area contributed by atoms with Gasteiger partial charge in [-0.2, -0.15) is 0 Å². The fourth-order valence-corrected chi connectivity index (χ4v) is 3.69. The molecule has 23 heavy (non-hydrogen) atoms. The van der Waals surface area contributed by atoms with E-state index >= 15 is 0 Å². The van der Waals surface area contributed by atoms with Crippen LogP contribution in [-0.2, 0) is 4.79 Å². The molecule has 0 saturated heterocycles. The number of ketones is 1. The molecular formula is C16H14N2O3S2. The zero-order valence-electron chi connectivity index (χ0n) is 12.6. The molecule has 0 atom stereocenters. The molecule has 0 radical (unpaired) electrons. The summed E-state index contributed by atoms with van der Waals surface area (Å²) in [7, 11) is 1.59. The van der Waals surface area contributed by atoms with Crippen molar-refractivity contribution in [2.45, 2.75) is 12.1 Å². The zero-order valence-corrected chi connectivity index (χ0v) is 14.2. The summed E-state index contributed by atoms with van der Waals surface area (Å²) in [5.74, 6) is 1.03. The van der Waals surface area contributed by atoms with Gasteiger partial charge in [-0.25, -0.2) is 4.98 Å². The number of carbonyl (C=O) groups excluding carboxylic acids is 1. The lowest BCUT2D eigenvalue weighted by Gasteiger charge is -2.12. The van der Waals surface area contributed by atoms with Crippen LogP contribution in [-0.4, -0.2) is 28.2 Å². The molecule has 5 nitrogen and oxygen atoms in total. The Balaban J connectivity index is 2.18. The SMILES string of the molecule is COc1ccc(-n2c(SCC(C)=O)nc3ccsc3c2=O)cc1. The van der Waals surface area contributed by atoms with Crippen molar-refractivity contribution in [2.24, 2.45) is 0 Å². The first-order chi connectivity index (χ1) is 11.1. The fourth-order valence-electron chi connectivity index (χ4n) is 2.11. The second-order valence-electron chi connectivity index (χ2n) is 4.86. The third-order valence-corrected chi connectivity index (χ3v) is 5.16. The van der Waals surface area contributed by atoms with Gasteiger partial charge in [0.1, 0.15) is 16.2 Å². The van der Waals surface area contributed by atoms with Crippen LogP contribution in [0.5, 0.6) is 5.75 Å². The largest absolute Gasteiger partial charge is 0.497 e. The van der Waals surface area contributed by atoms with Gasteiger partial charge in [-0.1, -0.05) is 11.8 Å². The molecule has 7 heteroatoms. The molecule has 1 aromatic carbocycles. The number of benzene rings is 1. The number of carbonyl (C=O) groups is 1. The normalized spacial score (nSPS) is 10.9. The Hall–Kier alpha value is -2.12. The third-order valence-electron chi connectivity index (χ3n) is 3.18. The first kappa shape index (κ1) is 15.8. The molecule has 2 heterocycles. The quantitative estimate of drug-likeness (QED) is 0.525. The Bertz CT molecular complexity index is 913. The lowest BCUT2D eigenvalue weighted by atomic mass is 10.3. The highest BCUT2D eigenvalue weighted by atomic mass is 32.2. The van der Waals surface area contributed by atoms with E-state index in [1.165, 1.54) is 30.0 Å². The van der Waals surface area contributed by atoms with E-state index in [4.69, 9.17) is 4.74 Å². The van der Waals surface area contributed by atoms with E-state index in [2.05, 4.69) is 4.98 Å². The number of hydrogen-bond acceptors (Lipinski definition) is 6. The number of nitrogens with zero attached hydrogens (tertiary/aromatic N) is 2. The second-order valence-corrected chi connectivity index (χ2v) is 6.72. The van der Waals surface area contributed by atoms with Gasteiger partial charge < -0.3 is 4.74 Å². The maximum Gasteiger partial charge on any atom is 0.276 e. The summed E-state index contributed by atoms with van der Waals surface area (Å²) in [6.45, 7) is 1.52. The highest BCUT2D eigenvalue weighted by Gasteiger charge is 2.15. The van der Waals surface area contributed by atoms with Crippen molar-refractivity contribution in [1.29, 1.82) is 0 Å². The van der Waals surface area contributed by atoms with Gasteiger partial charge in [0.2, 0.25) is 0 Å². The predicted octanol–water partition coefficient (Wildman–Crippen LogP) is 3.14. The summed E-state index contributed by atoms with van der Waals surface area (Å²) in [5, 5.41) is 2.36. The first-order valence-electron chi connectivity index (χ1n) is 6.87. The number of Topliss-reactive ketones (excluding diaryl/α,β-unsaturated/α-hetero) is 1. The van der Waals surface area contributed by atoms with Gasteiger partial charge >= 0.3 is 0 Å². The van der Waals surface area contributed by atoms with Gasteiger partial charge in [0.05, 0.1) is 24.1 Å². The van der Waals surface area contributed by atoms with Gasteiger partial charge in [-0.05, 0) is 42.6 Å². The molecule has 0 amide bonds. The molecule has 0 aliphatic heterocycles. The average molecular weight is 346 g/mol. The summed E-state index contributed by atoms with van der Waals surface area (Å²) in [6.07, 6.45) is 0. The van der Waals surface area contributed by atoms with Crippen molar-refractivity contribution in [1.82, 2.24) is 9.55 Å². The van der Waals surface area contributed by atoms with Gasteiger partial charge in [0.25, 0.3) is 5.56 Å². The molecule has 0 unspecified atom stereocenters. The Kier molecular flexibility index (Phi) is 4.49. The number of methoxy groups -OCH3 is 1. The highest BCUT2D eigenvalue weighted by molar-refractivity contribution is 7.99. The van der Waals surface area contributed by atoms with E-state index in [-0.39, 0.29) is 17.1 Å². The lowest BCUT2D eigenvalue weighted by molar-refractivity contribution is -0.114. The Morgan fingerprint density at radius 2 is 2.04 bits per heavy atom. The number of hydrogen-bond donors (Lipinski definition) is 0. The molecule has 0 spiro atoms. The molecule has 3 aromatic rings. The average Bonchev–Trinajstić information content (AvgIpc) is 3.02. The van der Waals surface area contributed by atoms with E-state index in [0.717, 1.165) is 0 Å². The van der Waals surface area contributed by atoms with Crippen LogP contribution in [0.4, 0.5) is 0 Å². The Morgan fingerprint density at radius 3 is 2.70 bits per heavy atom. The topological polar surface area (TPSA) is 61.2 Å². The van der Waals surface area contributed by atoms with Crippen LogP contribution in [0.25, 0.3) is 15.9 Å². The Labute approximate surface area is 140 Å². The molecule has 3 rings (SSSR count). The monoisotopic (exact) mass is 346 g/mol. The van der Waals surface area contributed by atoms with Gasteiger partial charge in [0.15, 0.2) is 5.16 Å². The van der Waals surface area contributed by atoms with Crippen molar-refractivity contribution in [3.8, 4) is 11.4 Å². The molecule has 0 bridgehead atoms. The summed E-state index contributed by atoms with van der Waals surface area (Å²) in [4.78, 5) is 28.7. The molecular weight excluding hydrogens is 332 g/mol. The minimum Gasteiger partial charge on any atom is -0.497 e. The number of thioether (sulfide) groups is 1. The molecule has 0 N–H and O–H groups in total. The van der Waals surface area contributed by atoms with Gasteiger partial charge in [-0.3, -0.25) is 14.2 Å². The summed E-state index contributed by atoms with van der Waals surface area (Å²) in [5.41, 5.74) is 1.24. The Morgan fingerprint density at radius 1 is 1.30 bits per heavy atom. The second kappa shape index (κ2) is 6.55. The van der Waals surface area contributed by atoms with Crippen LogP contribution in [0.15, 0.2) is 45.7 Å². The molecule has 0 saturated carbocycles. The van der Waals surface area contributed by atoms with E-state index in [0.29, 0.717) is 26.8 Å². The molecule has 118 valence electrons. The van der Waals surface area contributed by atoms with E-state index in [1.807, 2.05) is 11.4 Å². The lowest BCUT2D eigenvalue weighted by Crippen LogP contribution is -2.21. The summed E-state index contributed by atoms with van der Waals surface area (Å²) < 4.78 is 7.30. The molecule has 2 aromatic heterocycles. The van der Waals surface area contributed by atoms with Crippen molar-refractivity contribution < 1.29 is 9.53 Å². The van der Waals surface area contributed by atoms with Crippen LogP contribution < -0.4 is 10.3 Å². The highest BCUT2D eigenvalue weighted by Crippen LogP contribution is 2.24. The molecule has 0 aliphatic rings. The van der Waals surface area contributed by atoms with E-state index < -0.39 is 0 Å². The summed E-state index contributed by atoms with van der Waals surface area (Å²) in [6, 6.07) is 9.01. The standard InChI is InChI=1S/C16H14N2O3S2/c1-10(19)9-23-16-17-13-7-8-22-14(13)15(20)18(16)11-3-5-12(21-2)6-4-11/h3-8H,9H2,1-2H3. The first-order valence-corrected chi connectivity index (χ1v) is 8.73. The van der Waals surface area contributed by atoms with Crippen LogP contribution >= 0.6 is 23.1 Å².